The lowest BCUT2D eigenvalue weighted by Crippen LogP contribution is -2.05. The molecule has 0 atom stereocenters. The van der Waals surface area contributed by atoms with Gasteiger partial charge in [0.25, 0.3) is 5.69 Å². The number of aromatic nitrogens is 3. The Morgan fingerprint density at radius 1 is 1.47 bits per heavy atom. The largest absolute Gasteiger partial charge is 0.388 e. The second-order valence-corrected chi connectivity index (χ2v) is 3.76. The standard InChI is InChI=1S/C11H11FN4O3/c1-2-15-10(6-17)13-14-11(15)8-5-7(12)3-4-9(8)16(18)19/h3-5,17H,2,6H2,1H3. The summed E-state index contributed by atoms with van der Waals surface area (Å²) in [5.74, 6) is -0.161. The van der Waals surface area contributed by atoms with Crippen molar-refractivity contribution in [2.24, 2.45) is 0 Å². The summed E-state index contributed by atoms with van der Waals surface area (Å²) in [7, 11) is 0. The van der Waals surface area contributed by atoms with E-state index in [1.54, 1.807) is 6.92 Å². The van der Waals surface area contributed by atoms with Crippen LogP contribution in [0.3, 0.4) is 0 Å². The molecule has 0 aliphatic rings. The molecule has 1 aromatic carbocycles. The van der Waals surface area contributed by atoms with Crippen molar-refractivity contribution in [1.29, 1.82) is 0 Å². The first-order chi connectivity index (χ1) is 9.08. The van der Waals surface area contributed by atoms with Gasteiger partial charge < -0.3 is 9.67 Å². The van der Waals surface area contributed by atoms with Crippen molar-refractivity contribution in [2.45, 2.75) is 20.1 Å². The van der Waals surface area contributed by atoms with Crippen LogP contribution < -0.4 is 0 Å². The van der Waals surface area contributed by atoms with E-state index in [4.69, 9.17) is 5.11 Å². The molecular weight excluding hydrogens is 255 g/mol. The topological polar surface area (TPSA) is 94.1 Å². The zero-order chi connectivity index (χ0) is 14.0. The molecule has 0 unspecified atom stereocenters. The van der Waals surface area contributed by atoms with Gasteiger partial charge in [-0.1, -0.05) is 0 Å². The van der Waals surface area contributed by atoms with Gasteiger partial charge in [0, 0.05) is 12.6 Å². The van der Waals surface area contributed by atoms with Crippen LogP contribution in [0.25, 0.3) is 11.4 Å². The molecule has 8 heteroatoms. The maximum Gasteiger partial charge on any atom is 0.280 e. The lowest BCUT2D eigenvalue weighted by Gasteiger charge is -2.06. The average molecular weight is 266 g/mol. The molecule has 19 heavy (non-hydrogen) atoms. The van der Waals surface area contributed by atoms with Crippen LogP contribution in [0.15, 0.2) is 18.2 Å². The zero-order valence-corrected chi connectivity index (χ0v) is 10.1. The van der Waals surface area contributed by atoms with Gasteiger partial charge in [-0.15, -0.1) is 10.2 Å². The maximum absolute atomic E-state index is 13.3. The van der Waals surface area contributed by atoms with Gasteiger partial charge in [-0.2, -0.15) is 0 Å². The molecule has 1 heterocycles. The summed E-state index contributed by atoms with van der Waals surface area (Å²) in [6.07, 6.45) is 0. The monoisotopic (exact) mass is 266 g/mol. The van der Waals surface area contributed by atoms with E-state index in [9.17, 15) is 14.5 Å². The maximum atomic E-state index is 13.3. The molecule has 0 radical (unpaired) electrons. The molecular formula is C11H11FN4O3. The number of halogens is 1. The molecule has 0 amide bonds. The fourth-order valence-electron chi connectivity index (χ4n) is 1.83. The van der Waals surface area contributed by atoms with Crippen LogP contribution in [0.2, 0.25) is 0 Å². The SMILES string of the molecule is CCn1c(CO)nnc1-c1cc(F)ccc1[N+](=O)[O-]. The third-order valence-corrected chi connectivity index (χ3v) is 2.68. The Morgan fingerprint density at radius 2 is 2.21 bits per heavy atom. The van der Waals surface area contributed by atoms with Crippen LogP contribution in [-0.4, -0.2) is 24.8 Å². The minimum atomic E-state index is -0.609. The van der Waals surface area contributed by atoms with Crippen LogP contribution in [0.1, 0.15) is 12.7 Å². The normalized spacial score (nSPS) is 10.7. The molecule has 0 fully saturated rings. The molecule has 0 saturated carbocycles. The predicted octanol–water partition coefficient (Wildman–Crippen LogP) is 1.50. The molecule has 0 aliphatic heterocycles. The Balaban J connectivity index is 2.67. The lowest BCUT2D eigenvalue weighted by molar-refractivity contribution is -0.384. The highest BCUT2D eigenvalue weighted by atomic mass is 19.1. The number of benzene rings is 1. The number of aliphatic hydroxyl groups excluding tert-OH is 1. The number of hydrogen-bond donors (Lipinski definition) is 1. The van der Waals surface area contributed by atoms with Crippen molar-refractivity contribution < 1.29 is 14.4 Å². The van der Waals surface area contributed by atoms with E-state index in [0.717, 1.165) is 18.2 Å². The number of rotatable bonds is 4. The molecule has 1 aromatic heterocycles. The van der Waals surface area contributed by atoms with Gasteiger partial charge in [0.1, 0.15) is 12.4 Å². The first-order valence-corrected chi connectivity index (χ1v) is 5.55. The van der Waals surface area contributed by atoms with Crippen molar-refractivity contribution in [3.05, 3.63) is 40.0 Å². The highest BCUT2D eigenvalue weighted by Crippen LogP contribution is 2.29. The second kappa shape index (κ2) is 5.11. The van der Waals surface area contributed by atoms with E-state index in [1.165, 1.54) is 4.57 Å². The molecule has 0 spiro atoms. The van der Waals surface area contributed by atoms with E-state index in [1.807, 2.05) is 0 Å². The van der Waals surface area contributed by atoms with Gasteiger partial charge in [-0.05, 0) is 19.1 Å². The van der Waals surface area contributed by atoms with Crippen LogP contribution in [0, 0.1) is 15.9 Å². The summed E-state index contributed by atoms with van der Waals surface area (Å²) >= 11 is 0. The number of aliphatic hydroxyl groups is 1. The Bertz CT molecular complexity index is 626. The van der Waals surface area contributed by atoms with Crippen LogP contribution in [0.5, 0.6) is 0 Å². The molecule has 7 nitrogen and oxygen atoms in total. The third-order valence-electron chi connectivity index (χ3n) is 2.68. The first kappa shape index (κ1) is 13.1. The molecule has 0 saturated heterocycles. The molecule has 2 rings (SSSR count). The van der Waals surface area contributed by atoms with Crippen molar-refractivity contribution in [3.8, 4) is 11.4 Å². The quantitative estimate of drug-likeness (QED) is 0.668. The number of nitrogens with zero attached hydrogens (tertiary/aromatic N) is 4. The van der Waals surface area contributed by atoms with Gasteiger partial charge in [-0.25, -0.2) is 4.39 Å². The summed E-state index contributed by atoms with van der Waals surface area (Å²) in [6.45, 7) is 1.84. The van der Waals surface area contributed by atoms with Crippen LogP contribution in [-0.2, 0) is 13.2 Å². The Hall–Kier alpha value is -2.35. The average Bonchev–Trinajstić information content (AvgIpc) is 2.80. The summed E-state index contributed by atoms with van der Waals surface area (Å²) in [6, 6.07) is 3.13. The van der Waals surface area contributed by atoms with Gasteiger partial charge >= 0.3 is 0 Å². The predicted molar refractivity (Wildman–Crippen MR) is 63.7 cm³/mol. The number of hydrogen-bond acceptors (Lipinski definition) is 5. The van der Waals surface area contributed by atoms with Crippen molar-refractivity contribution >= 4 is 5.69 Å². The van der Waals surface area contributed by atoms with Crippen molar-refractivity contribution in [2.75, 3.05) is 0 Å². The van der Waals surface area contributed by atoms with E-state index < -0.39 is 10.7 Å². The highest BCUT2D eigenvalue weighted by molar-refractivity contribution is 5.68. The van der Waals surface area contributed by atoms with Crippen molar-refractivity contribution in [3.63, 3.8) is 0 Å². The van der Waals surface area contributed by atoms with Crippen molar-refractivity contribution in [1.82, 2.24) is 14.8 Å². The number of nitro benzene ring substituents is 1. The van der Waals surface area contributed by atoms with Gasteiger partial charge in [0.15, 0.2) is 11.6 Å². The minimum Gasteiger partial charge on any atom is -0.388 e. The highest BCUT2D eigenvalue weighted by Gasteiger charge is 2.22. The lowest BCUT2D eigenvalue weighted by atomic mass is 10.1. The molecule has 0 bridgehead atoms. The van der Waals surface area contributed by atoms with E-state index >= 15 is 0 Å². The Labute approximate surface area is 107 Å². The minimum absolute atomic E-state index is 0.0408. The molecule has 2 aromatic rings. The fourth-order valence-corrected chi connectivity index (χ4v) is 1.83. The molecule has 100 valence electrons. The Kier molecular flexibility index (Phi) is 3.52. The smallest absolute Gasteiger partial charge is 0.280 e. The summed E-state index contributed by atoms with van der Waals surface area (Å²) < 4.78 is 14.8. The number of nitro groups is 1. The summed E-state index contributed by atoms with van der Waals surface area (Å²) in [4.78, 5) is 10.3. The first-order valence-electron chi connectivity index (χ1n) is 5.55. The fraction of sp³-hybridized carbons (Fsp3) is 0.273. The van der Waals surface area contributed by atoms with Gasteiger partial charge in [0.2, 0.25) is 0 Å². The summed E-state index contributed by atoms with van der Waals surface area (Å²) in [5, 5.41) is 27.6. The summed E-state index contributed by atoms with van der Waals surface area (Å²) in [5.41, 5.74) is -0.216. The third kappa shape index (κ3) is 2.29. The van der Waals surface area contributed by atoms with Gasteiger partial charge in [0.05, 0.1) is 10.5 Å². The van der Waals surface area contributed by atoms with E-state index in [0.29, 0.717) is 6.54 Å². The van der Waals surface area contributed by atoms with E-state index in [2.05, 4.69) is 10.2 Å². The second-order valence-electron chi connectivity index (χ2n) is 3.76. The van der Waals surface area contributed by atoms with Crippen LogP contribution >= 0.6 is 0 Å². The van der Waals surface area contributed by atoms with E-state index in [-0.39, 0.29) is 29.5 Å². The van der Waals surface area contributed by atoms with Gasteiger partial charge in [-0.3, -0.25) is 10.1 Å². The molecule has 0 aliphatic carbocycles. The van der Waals surface area contributed by atoms with Crippen LogP contribution in [0.4, 0.5) is 10.1 Å². The molecule has 1 N–H and O–H groups in total. The zero-order valence-electron chi connectivity index (χ0n) is 10.1. The Morgan fingerprint density at radius 3 is 2.79 bits per heavy atom.